The highest BCUT2D eigenvalue weighted by atomic mass is 79.9. The van der Waals surface area contributed by atoms with E-state index in [0.717, 1.165) is 23.7 Å². The molecule has 0 radical (unpaired) electrons. The predicted molar refractivity (Wildman–Crippen MR) is 88.1 cm³/mol. The molecule has 4 heteroatoms. The van der Waals surface area contributed by atoms with Crippen molar-refractivity contribution >= 4 is 27.5 Å². The second kappa shape index (κ2) is 5.90. The minimum absolute atomic E-state index is 0.0580. The van der Waals surface area contributed by atoms with Gasteiger partial charge in [0.1, 0.15) is 0 Å². The number of halogens is 1. The molecular weight excluding hydrogens is 328 g/mol. The third kappa shape index (κ3) is 2.95. The van der Waals surface area contributed by atoms with Gasteiger partial charge in [0, 0.05) is 15.7 Å². The molecule has 1 amide bonds. The van der Waals surface area contributed by atoms with E-state index in [1.807, 2.05) is 6.07 Å². The lowest BCUT2D eigenvalue weighted by atomic mass is 9.87. The number of amides is 1. The molecule has 2 aromatic carbocycles. The van der Waals surface area contributed by atoms with Crippen LogP contribution in [-0.2, 0) is 6.42 Å². The zero-order chi connectivity index (χ0) is 14.8. The number of fused-ring (bicyclic) bond motifs is 1. The van der Waals surface area contributed by atoms with Gasteiger partial charge in [-0.1, -0.05) is 24.3 Å². The van der Waals surface area contributed by atoms with E-state index in [2.05, 4.69) is 39.4 Å². The molecule has 2 aromatic rings. The topological polar surface area (TPSA) is 55.1 Å². The van der Waals surface area contributed by atoms with Crippen molar-refractivity contribution in [1.29, 1.82) is 0 Å². The molecule has 0 heterocycles. The normalized spacial score (nSPS) is 17.1. The fourth-order valence-electron chi connectivity index (χ4n) is 2.81. The third-order valence-electron chi connectivity index (χ3n) is 3.94. The summed E-state index contributed by atoms with van der Waals surface area (Å²) >= 11 is 3.36. The number of carbonyl (C=O) groups is 1. The number of nitrogens with two attached hydrogens (primary N) is 1. The Morgan fingerprint density at radius 3 is 2.86 bits per heavy atom. The zero-order valence-corrected chi connectivity index (χ0v) is 13.2. The van der Waals surface area contributed by atoms with E-state index < -0.39 is 0 Å². The van der Waals surface area contributed by atoms with Crippen LogP contribution in [0.3, 0.4) is 0 Å². The maximum atomic E-state index is 12.4. The molecule has 0 saturated carbocycles. The number of benzene rings is 2. The van der Waals surface area contributed by atoms with Gasteiger partial charge >= 0.3 is 0 Å². The van der Waals surface area contributed by atoms with Crippen molar-refractivity contribution in [3.63, 3.8) is 0 Å². The highest BCUT2D eigenvalue weighted by molar-refractivity contribution is 9.10. The van der Waals surface area contributed by atoms with Gasteiger partial charge in [0.2, 0.25) is 0 Å². The Morgan fingerprint density at radius 2 is 2.05 bits per heavy atom. The number of hydrogen-bond donors (Lipinski definition) is 2. The molecule has 1 aliphatic carbocycles. The van der Waals surface area contributed by atoms with Crippen LogP contribution in [0.25, 0.3) is 0 Å². The summed E-state index contributed by atoms with van der Waals surface area (Å²) in [5.41, 5.74) is 9.60. The van der Waals surface area contributed by atoms with Gasteiger partial charge < -0.3 is 11.1 Å². The zero-order valence-electron chi connectivity index (χ0n) is 11.6. The molecular formula is C17H17BrN2O. The van der Waals surface area contributed by atoms with E-state index in [1.54, 1.807) is 18.2 Å². The Labute approximate surface area is 132 Å². The summed E-state index contributed by atoms with van der Waals surface area (Å²) in [6.45, 7) is 0. The molecule has 1 atom stereocenters. The predicted octanol–water partition coefficient (Wildman–Crippen LogP) is 3.84. The molecule has 108 valence electrons. The Kier molecular flexibility index (Phi) is 3.97. The first-order valence-corrected chi connectivity index (χ1v) is 7.88. The van der Waals surface area contributed by atoms with Crippen LogP contribution in [0, 0.1) is 0 Å². The van der Waals surface area contributed by atoms with Crippen molar-refractivity contribution in [1.82, 2.24) is 5.32 Å². The fraction of sp³-hybridized carbons (Fsp3) is 0.235. The Bertz CT molecular complexity index is 684. The van der Waals surface area contributed by atoms with Crippen molar-refractivity contribution in [3.05, 3.63) is 63.6 Å². The van der Waals surface area contributed by atoms with E-state index in [4.69, 9.17) is 5.73 Å². The lowest BCUT2D eigenvalue weighted by Crippen LogP contribution is -2.31. The van der Waals surface area contributed by atoms with Crippen molar-refractivity contribution < 1.29 is 4.79 Å². The first kappa shape index (κ1) is 14.1. The first-order valence-electron chi connectivity index (χ1n) is 7.09. The van der Waals surface area contributed by atoms with Crippen LogP contribution in [0.2, 0.25) is 0 Å². The van der Waals surface area contributed by atoms with Crippen molar-refractivity contribution in [2.75, 3.05) is 5.73 Å². The summed E-state index contributed by atoms with van der Waals surface area (Å²) in [5.74, 6) is -0.0580. The SMILES string of the molecule is Nc1ccc(C(=O)NC2CCCc3ccccc32)cc1Br. The van der Waals surface area contributed by atoms with Crippen LogP contribution >= 0.6 is 15.9 Å². The molecule has 3 rings (SSSR count). The van der Waals surface area contributed by atoms with Gasteiger partial charge in [0.05, 0.1) is 6.04 Å². The third-order valence-corrected chi connectivity index (χ3v) is 4.62. The molecule has 0 spiro atoms. The number of hydrogen-bond acceptors (Lipinski definition) is 2. The summed E-state index contributed by atoms with van der Waals surface area (Å²) in [4.78, 5) is 12.4. The lowest BCUT2D eigenvalue weighted by Gasteiger charge is -2.26. The van der Waals surface area contributed by atoms with Crippen LogP contribution in [0.1, 0.15) is 40.4 Å². The summed E-state index contributed by atoms with van der Waals surface area (Å²) in [6.07, 6.45) is 3.18. The number of nitrogen functional groups attached to an aromatic ring is 1. The van der Waals surface area contributed by atoms with Gasteiger partial charge in [-0.25, -0.2) is 0 Å². The van der Waals surface area contributed by atoms with Gasteiger partial charge in [-0.15, -0.1) is 0 Å². The summed E-state index contributed by atoms with van der Waals surface area (Å²) in [7, 11) is 0. The maximum Gasteiger partial charge on any atom is 0.251 e. The van der Waals surface area contributed by atoms with Gasteiger partial charge in [0.25, 0.3) is 5.91 Å². The van der Waals surface area contributed by atoms with E-state index >= 15 is 0 Å². The van der Waals surface area contributed by atoms with Gasteiger partial charge in [-0.2, -0.15) is 0 Å². The number of nitrogens with one attached hydrogen (secondary N) is 1. The molecule has 21 heavy (non-hydrogen) atoms. The minimum Gasteiger partial charge on any atom is -0.398 e. The summed E-state index contributed by atoms with van der Waals surface area (Å²) in [5, 5.41) is 3.14. The Morgan fingerprint density at radius 1 is 1.24 bits per heavy atom. The highest BCUT2D eigenvalue weighted by Gasteiger charge is 2.21. The maximum absolute atomic E-state index is 12.4. The monoisotopic (exact) mass is 344 g/mol. The van der Waals surface area contributed by atoms with Crippen LogP contribution in [0.15, 0.2) is 46.9 Å². The number of aryl methyl sites for hydroxylation is 1. The second-order valence-electron chi connectivity index (χ2n) is 5.35. The number of rotatable bonds is 2. The highest BCUT2D eigenvalue weighted by Crippen LogP contribution is 2.30. The van der Waals surface area contributed by atoms with E-state index in [9.17, 15) is 4.79 Å². The van der Waals surface area contributed by atoms with Crippen molar-refractivity contribution in [2.24, 2.45) is 0 Å². The van der Waals surface area contributed by atoms with Gasteiger partial charge in [-0.3, -0.25) is 4.79 Å². The van der Waals surface area contributed by atoms with E-state index in [-0.39, 0.29) is 11.9 Å². The van der Waals surface area contributed by atoms with Gasteiger partial charge in [0.15, 0.2) is 0 Å². The largest absolute Gasteiger partial charge is 0.398 e. The first-order chi connectivity index (χ1) is 10.1. The molecule has 0 saturated heterocycles. The molecule has 0 aliphatic heterocycles. The second-order valence-corrected chi connectivity index (χ2v) is 6.21. The van der Waals surface area contributed by atoms with Crippen LogP contribution in [0.5, 0.6) is 0 Å². The summed E-state index contributed by atoms with van der Waals surface area (Å²) in [6, 6.07) is 13.7. The minimum atomic E-state index is -0.0580. The molecule has 0 aromatic heterocycles. The standard InChI is InChI=1S/C17H17BrN2O/c18-14-10-12(8-9-15(14)19)17(21)20-16-7-3-5-11-4-1-2-6-13(11)16/h1-2,4,6,8-10,16H,3,5,7,19H2,(H,20,21). The van der Waals surface area contributed by atoms with Crippen molar-refractivity contribution in [2.45, 2.75) is 25.3 Å². The molecule has 3 N–H and O–H groups in total. The lowest BCUT2D eigenvalue weighted by molar-refractivity contribution is 0.0932. The van der Waals surface area contributed by atoms with Crippen LogP contribution < -0.4 is 11.1 Å². The Hall–Kier alpha value is -1.81. The number of carbonyl (C=O) groups excluding carboxylic acids is 1. The molecule has 0 fully saturated rings. The molecule has 0 bridgehead atoms. The summed E-state index contributed by atoms with van der Waals surface area (Å²) < 4.78 is 0.749. The fourth-order valence-corrected chi connectivity index (χ4v) is 3.19. The van der Waals surface area contributed by atoms with Crippen LogP contribution in [0.4, 0.5) is 5.69 Å². The van der Waals surface area contributed by atoms with E-state index in [0.29, 0.717) is 11.3 Å². The van der Waals surface area contributed by atoms with E-state index in [1.165, 1.54) is 11.1 Å². The smallest absolute Gasteiger partial charge is 0.251 e. The molecule has 3 nitrogen and oxygen atoms in total. The van der Waals surface area contributed by atoms with Crippen molar-refractivity contribution in [3.8, 4) is 0 Å². The average Bonchev–Trinajstić information content (AvgIpc) is 2.50. The molecule has 1 aliphatic rings. The molecule has 1 unspecified atom stereocenters. The average molecular weight is 345 g/mol. The quantitative estimate of drug-likeness (QED) is 0.813. The van der Waals surface area contributed by atoms with Crippen LogP contribution in [-0.4, -0.2) is 5.91 Å². The number of anilines is 1. The van der Waals surface area contributed by atoms with Gasteiger partial charge in [-0.05, 0) is 64.5 Å². The Balaban J connectivity index is 1.81.